The number of imide groups is 1. The number of hydrogen-bond donors (Lipinski definition) is 1. The smallest absolute Gasteiger partial charge is 0.257 e. The molecule has 0 fully saturated rings. The second-order valence-corrected chi connectivity index (χ2v) is 3.73. The molecule has 76 valence electrons. The van der Waals surface area contributed by atoms with Gasteiger partial charge in [-0.15, -0.1) is 0 Å². The van der Waals surface area contributed by atoms with Crippen molar-refractivity contribution < 1.29 is 14.4 Å². The molecule has 0 radical (unpaired) electrons. The number of primary amides is 1. The molecule has 1 heterocycles. The zero-order valence-corrected chi connectivity index (χ0v) is 8.33. The molecule has 5 nitrogen and oxygen atoms in total. The number of carbonyl (C=O) groups excluding carboxylic acids is 3. The lowest BCUT2D eigenvalue weighted by Crippen LogP contribution is -2.56. The van der Waals surface area contributed by atoms with Crippen molar-refractivity contribution in [3.63, 3.8) is 0 Å². The third-order valence-electron chi connectivity index (χ3n) is 2.26. The molecule has 0 atom stereocenters. The molecule has 0 saturated heterocycles. The monoisotopic (exact) mass is 196 g/mol. The summed E-state index contributed by atoms with van der Waals surface area (Å²) in [6.07, 6.45) is 1.20. The highest BCUT2D eigenvalue weighted by Crippen LogP contribution is 2.22. The fourth-order valence-corrected chi connectivity index (χ4v) is 1.23. The summed E-state index contributed by atoms with van der Waals surface area (Å²) in [7, 11) is 0. The first-order chi connectivity index (χ1) is 6.28. The van der Waals surface area contributed by atoms with Crippen molar-refractivity contribution in [1.29, 1.82) is 0 Å². The molecule has 0 aromatic rings. The molecule has 0 aromatic heterocycles. The summed E-state index contributed by atoms with van der Waals surface area (Å²) in [6.45, 7) is 4.41. The van der Waals surface area contributed by atoms with E-state index in [0.717, 1.165) is 4.90 Å². The van der Waals surface area contributed by atoms with Gasteiger partial charge in [0.15, 0.2) is 0 Å². The standard InChI is InChI=1S/C9H12N2O3/c1-5-4-6(12)11(7(5)13)9(2,3)8(10)14/h4H,1-3H3,(H2,10,14). The molecule has 3 amide bonds. The van der Waals surface area contributed by atoms with E-state index < -0.39 is 23.3 Å². The van der Waals surface area contributed by atoms with Gasteiger partial charge in [-0.1, -0.05) is 0 Å². The van der Waals surface area contributed by atoms with E-state index in [1.54, 1.807) is 0 Å². The molecule has 0 spiro atoms. The van der Waals surface area contributed by atoms with E-state index in [4.69, 9.17) is 5.73 Å². The summed E-state index contributed by atoms with van der Waals surface area (Å²) in [4.78, 5) is 34.8. The Morgan fingerprint density at radius 2 is 1.93 bits per heavy atom. The Morgan fingerprint density at radius 1 is 1.43 bits per heavy atom. The van der Waals surface area contributed by atoms with Crippen molar-refractivity contribution in [3.05, 3.63) is 11.6 Å². The Hall–Kier alpha value is -1.65. The van der Waals surface area contributed by atoms with Crippen LogP contribution in [0.4, 0.5) is 0 Å². The zero-order valence-electron chi connectivity index (χ0n) is 8.33. The van der Waals surface area contributed by atoms with Gasteiger partial charge in [0, 0.05) is 11.6 Å². The van der Waals surface area contributed by atoms with Gasteiger partial charge in [0.1, 0.15) is 5.54 Å². The molecule has 2 N–H and O–H groups in total. The van der Waals surface area contributed by atoms with Gasteiger partial charge in [0.25, 0.3) is 11.8 Å². The molecule has 0 bridgehead atoms. The van der Waals surface area contributed by atoms with Crippen molar-refractivity contribution in [2.24, 2.45) is 5.73 Å². The minimum Gasteiger partial charge on any atom is -0.368 e. The van der Waals surface area contributed by atoms with Crippen LogP contribution in [0.3, 0.4) is 0 Å². The number of amides is 3. The molecule has 5 heteroatoms. The largest absolute Gasteiger partial charge is 0.368 e. The van der Waals surface area contributed by atoms with Crippen LogP contribution in [0.5, 0.6) is 0 Å². The van der Waals surface area contributed by atoms with Gasteiger partial charge in [0.2, 0.25) is 5.91 Å². The second-order valence-electron chi connectivity index (χ2n) is 3.73. The van der Waals surface area contributed by atoms with E-state index in [1.807, 2.05) is 0 Å². The van der Waals surface area contributed by atoms with Gasteiger partial charge in [-0.25, -0.2) is 0 Å². The van der Waals surface area contributed by atoms with Crippen LogP contribution in [0.15, 0.2) is 11.6 Å². The highest BCUT2D eigenvalue weighted by Gasteiger charge is 2.43. The lowest BCUT2D eigenvalue weighted by molar-refractivity contribution is -0.149. The fraction of sp³-hybridized carbons (Fsp3) is 0.444. The molecule has 0 aromatic carbocycles. The van der Waals surface area contributed by atoms with Crippen LogP contribution in [-0.2, 0) is 14.4 Å². The first-order valence-electron chi connectivity index (χ1n) is 4.15. The number of nitrogens with zero attached hydrogens (tertiary/aromatic N) is 1. The van der Waals surface area contributed by atoms with Crippen LogP contribution in [0.25, 0.3) is 0 Å². The van der Waals surface area contributed by atoms with Gasteiger partial charge in [-0.05, 0) is 20.8 Å². The van der Waals surface area contributed by atoms with Crippen LogP contribution in [0, 0.1) is 0 Å². The minimum absolute atomic E-state index is 0.323. The molecular weight excluding hydrogens is 184 g/mol. The lowest BCUT2D eigenvalue weighted by atomic mass is 10.0. The van der Waals surface area contributed by atoms with Crippen molar-refractivity contribution in [2.45, 2.75) is 26.3 Å². The van der Waals surface area contributed by atoms with Crippen LogP contribution in [0.1, 0.15) is 20.8 Å². The summed E-state index contributed by atoms with van der Waals surface area (Å²) in [5.74, 6) is -1.66. The topological polar surface area (TPSA) is 80.5 Å². The summed E-state index contributed by atoms with van der Waals surface area (Å²) >= 11 is 0. The maximum atomic E-state index is 11.5. The molecule has 0 saturated carbocycles. The van der Waals surface area contributed by atoms with E-state index in [-0.39, 0.29) is 0 Å². The van der Waals surface area contributed by atoms with Gasteiger partial charge >= 0.3 is 0 Å². The highest BCUT2D eigenvalue weighted by atomic mass is 16.2. The molecule has 1 aliphatic rings. The first kappa shape index (κ1) is 10.4. The zero-order chi connectivity index (χ0) is 11.1. The van der Waals surface area contributed by atoms with E-state index >= 15 is 0 Å². The van der Waals surface area contributed by atoms with E-state index in [2.05, 4.69) is 0 Å². The van der Waals surface area contributed by atoms with Crippen LogP contribution in [0.2, 0.25) is 0 Å². The minimum atomic E-state index is -1.28. The maximum absolute atomic E-state index is 11.5. The third-order valence-corrected chi connectivity index (χ3v) is 2.26. The molecule has 1 aliphatic heterocycles. The highest BCUT2D eigenvalue weighted by molar-refractivity contribution is 6.18. The van der Waals surface area contributed by atoms with E-state index in [9.17, 15) is 14.4 Å². The van der Waals surface area contributed by atoms with Crippen molar-refractivity contribution in [3.8, 4) is 0 Å². The lowest BCUT2D eigenvalue weighted by Gasteiger charge is -2.30. The Bertz CT molecular complexity index is 355. The fourth-order valence-electron chi connectivity index (χ4n) is 1.23. The Balaban J connectivity index is 3.09. The summed E-state index contributed by atoms with van der Waals surface area (Å²) in [6, 6.07) is 0. The molecule has 1 rings (SSSR count). The molecule has 0 unspecified atom stereocenters. The van der Waals surface area contributed by atoms with Gasteiger partial charge < -0.3 is 5.73 Å². The van der Waals surface area contributed by atoms with Crippen LogP contribution >= 0.6 is 0 Å². The summed E-state index contributed by atoms with van der Waals surface area (Å²) < 4.78 is 0. The SMILES string of the molecule is CC1=CC(=O)N(C(C)(C)C(N)=O)C1=O. The van der Waals surface area contributed by atoms with Crippen molar-refractivity contribution >= 4 is 17.7 Å². The van der Waals surface area contributed by atoms with Crippen LogP contribution in [-0.4, -0.2) is 28.2 Å². The summed E-state index contributed by atoms with van der Waals surface area (Å²) in [5, 5.41) is 0. The molecular formula is C9H12N2O3. The quantitative estimate of drug-likeness (QED) is 0.608. The first-order valence-corrected chi connectivity index (χ1v) is 4.15. The Labute approximate surface area is 81.5 Å². The van der Waals surface area contributed by atoms with Crippen LogP contribution < -0.4 is 5.73 Å². The molecule has 0 aliphatic carbocycles. The third kappa shape index (κ3) is 1.30. The Kier molecular flexibility index (Phi) is 2.19. The van der Waals surface area contributed by atoms with Gasteiger partial charge in [0.05, 0.1) is 0 Å². The van der Waals surface area contributed by atoms with E-state index in [1.165, 1.54) is 26.8 Å². The Morgan fingerprint density at radius 3 is 2.21 bits per heavy atom. The van der Waals surface area contributed by atoms with Gasteiger partial charge in [-0.3, -0.25) is 19.3 Å². The number of hydrogen-bond acceptors (Lipinski definition) is 3. The average molecular weight is 196 g/mol. The maximum Gasteiger partial charge on any atom is 0.257 e. The van der Waals surface area contributed by atoms with E-state index in [0.29, 0.717) is 5.57 Å². The number of rotatable bonds is 2. The van der Waals surface area contributed by atoms with Crippen molar-refractivity contribution in [2.75, 3.05) is 0 Å². The predicted octanol–water partition coefficient (Wildman–Crippen LogP) is -0.435. The van der Waals surface area contributed by atoms with Gasteiger partial charge in [-0.2, -0.15) is 0 Å². The molecule has 14 heavy (non-hydrogen) atoms. The number of nitrogens with two attached hydrogens (primary N) is 1. The van der Waals surface area contributed by atoms with Crippen molar-refractivity contribution in [1.82, 2.24) is 4.90 Å². The average Bonchev–Trinajstić information content (AvgIpc) is 2.26. The number of carbonyl (C=O) groups is 3. The predicted molar refractivity (Wildman–Crippen MR) is 48.9 cm³/mol. The summed E-state index contributed by atoms with van der Waals surface area (Å²) in [5.41, 5.74) is 4.16. The second kappa shape index (κ2) is 2.94. The normalized spacial score (nSPS) is 17.4.